The van der Waals surface area contributed by atoms with E-state index in [1.807, 2.05) is 0 Å². The molecule has 1 unspecified atom stereocenters. The molecule has 0 saturated carbocycles. The second-order valence-corrected chi connectivity index (χ2v) is 6.57. The predicted molar refractivity (Wildman–Crippen MR) is 84.8 cm³/mol. The average molecular weight is 275 g/mol. The molecule has 0 aromatic heterocycles. The molecule has 0 amide bonds. The maximum absolute atomic E-state index is 6.65. The molecule has 0 aliphatic carbocycles. The molecule has 0 radical (unpaired) electrons. The van der Waals surface area contributed by atoms with E-state index in [1.165, 1.54) is 18.4 Å². The summed E-state index contributed by atoms with van der Waals surface area (Å²) in [5.74, 6) is 0.768. The summed E-state index contributed by atoms with van der Waals surface area (Å²) < 4.78 is 5.58. The van der Waals surface area contributed by atoms with Crippen molar-refractivity contribution in [1.29, 1.82) is 0 Å². The van der Waals surface area contributed by atoms with Gasteiger partial charge in [0.15, 0.2) is 0 Å². The van der Waals surface area contributed by atoms with Crippen LogP contribution in [-0.2, 0) is 10.2 Å². The third kappa shape index (κ3) is 3.62. The van der Waals surface area contributed by atoms with Crippen LogP contribution in [0, 0.1) is 5.92 Å². The third-order valence-electron chi connectivity index (χ3n) is 4.74. The van der Waals surface area contributed by atoms with Gasteiger partial charge in [-0.2, -0.15) is 0 Å². The number of hydrogen-bond donors (Lipinski definition) is 1. The largest absolute Gasteiger partial charge is 0.381 e. The Morgan fingerprint density at radius 3 is 2.35 bits per heavy atom. The van der Waals surface area contributed by atoms with Gasteiger partial charge in [-0.05, 0) is 30.7 Å². The highest BCUT2D eigenvalue weighted by atomic mass is 16.5. The van der Waals surface area contributed by atoms with Crippen LogP contribution in [0.1, 0.15) is 51.5 Å². The minimum atomic E-state index is 0.122. The van der Waals surface area contributed by atoms with E-state index in [9.17, 15) is 0 Å². The Morgan fingerprint density at radius 2 is 1.75 bits per heavy atom. The summed E-state index contributed by atoms with van der Waals surface area (Å²) in [5.41, 5.74) is 8.17. The molecule has 20 heavy (non-hydrogen) atoms. The first-order valence-corrected chi connectivity index (χ1v) is 8.04. The normalized spacial score (nSPS) is 20.0. The smallest absolute Gasteiger partial charge is 0.0475 e. The Morgan fingerprint density at radius 1 is 1.10 bits per heavy atom. The van der Waals surface area contributed by atoms with E-state index in [0.717, 1.165) is 38.4 Å². The van der Waals surface area contributed by atoms with Gasteiger partial charge in [0, 0.05) is 24.7 Å². The van der Waals surface area contributed by atoms with Crippen molar-refractivity contribution in [3.05, 3.63) is 35.9 Å². The van der Waals surface area contributed by atoms with Gasteiger partial charge < -0.3 is 10.5 Å². The number of benzene rings is 1. The molecule has 2 heteroatoms. The van der Waals surface area contributed by atoms with Crippen molar-refractivity contribution < 1.29 is 4.74 Å². The van der Waals surface area contributed by atoms with Gasteiger partial charge in [0.2, 0.25) is 0 Å². The minimum Gasteiger partial charge on any atom is -0.381 e. The maximum Gasteiger partial charge on any atom is 0.0475 e. The van der Waals surface area contributed by atoms with Crippen molar-refractivity contribution in [2.45, 2.75) is 57.4 Å². The van der Waals surface area contributed by atoms with Crippen LogP contribution in [0.5, 0.6) is 0 Å². The van der Waals surface area contributed by atoms with Crippen LogP contribution >= 0.6 is 0 Å². The fourth-order valence-electron chi connectivity index (χ4n) is 3.40. The number of rotatable bonds is 6. The lowest BCUT2D eigenvalue weighted by Crippen LogP contribution is -2.49. The summed E-state index contributed by atoms with van der Waals surface area (Å²) in [4.78, 5) is 0. The van der Waals surface area contributed by atoms with Crippen molar-refractivity contribution in [2.24, 2.45) is 11.7 Å². The fourth-order valence-corrected chi connectivity index (χ4v) is 3.40. The van der Waals surface area contributed by atoms with Crippen LogP contribution in [0.4, 0.5) is 0 Å². The molecular formula is C18H29NO. The third-order valence-corrected chi connectivity index (χ3v) is 4.74. The lowest BCUT2D eigenvalue weighted by molar-refractivity contribution is 0.0384. The fraction of sp³-hybridized carbons (Fsp3) is 0.667. The van der Waals surface area contributed by atoms with Crippen LogP contribution in [0.3, 0.4) is 0 Å². The Bertz CT molecular complexity index is 382. The maximum atomic E-state index is 6.65. The summed E-state index contributed by atoms with van der Waals surface area (Å²) >= 11 is 0. The Balaban J connectivity index is 2.10. The van der Waals surface area contributed by atoms with E-state index in [0.29, 0.717) is 0 Å². The van der Waals surface area contributed by atoms with Crippen molar-refractivity contribution in [3.8, 4) is 0 Å². The molecule has 1 aliphatic rings. The molecule has 1 aliphatic heterocycles. The molecule has 2 rings (SSSR count). The standard InChI is InChI=1S/C18H29NO/c1-15(2)7-6-10-17(19)18(11-13-20-14-12-18)16-8-4-3-5-9-16/h3-5,8-9,15,17H,6-7,10-14,19H2,1-2H3. The van der Waals surface area contributed by atoms with Crippen molar-refractivity contribution in [2.75, 3.05) is 13.2 Å². The van der Waals surface area contributed by atoms with Gasteiger partial charge in [0.05, 0.1) is 0 Å². The van der Waals surface area contributed by atoms with Gasteiger partial charge in [-0.1, -0.05) is 57.0 Å². The van der Waals surface area contributed by atoms with Crippen LogP contribution in [0.15, 0.2) is 30.3 Å². The molecule has 1 aromatic rings. The first-order valence-electron chi connectivity index (χ1n) is 8.04. The molecule has 1 fully saturated rings. The average Bonchev–Trinajstić information content (AvgIpc) is 2.48. The van der Waals surface area contributed by atoms with Gasteiger partial charge in [-0.25, -0.2) is 0 Å². The molecule has 1 saturated heterocycles. The summed E-state index contributed by atoms with van der Waals surface area (Å²) in [7, 11) is 0. The Hall–Kier alpha value is -0.860. The second-order valence-electron chi connectivity index (χ2n) is 6.57. The van der Waals surface area contributed by atoms with Crippen molar-refractivity contribution in [1.82, 2.24) is 0 Å². The summed E-state index contributed by atoms with van der Waals surface area (Å²) in [6.45, 7) is 6.25. The van der Waals surface area contributed by atoms with Gasteiger partial charge in [-0.3, -0.25) is 0 Å². The summed E-state index contributed by atoms with van der Waals surface area (Å²) in [6, 6.07) is 11.1. The quantitative estimate of drug-likeness (QED) is 0.855. The highest BCUT2D eigenvalue weighted by molar-refractivity contribution is 5.28. The van der Waals surface area contributed by atoms with Gasteiger partial charge >= 0.3 is 0 Å². The second kappa shape index (κ2) is 7.24. The SMILES string of the molecule is CC(C)CCCC(N)C1(c2ccccc2)CCOCC1. The highest BCUT2D eigenvalue weighted by Crippen LogP contribution is 2.38. The van der Waals surface area contributed by atoms with Crippen LogP contribution in [0.25, 0.3) is 0 Å². The Labute approximate surface area is 123 Å². The first kappa shape index (κ1) is 15.5. The van der Waals surface area contributed by atoms with E-state index in [4.69, 9.17) is 10.5 Å². The molecule has 0 bridgehead atoms. The molecule has 112 valence electrons. The topological polar surface area (TPSA) is 35.2 Å². The zero-order chi connectivity index (χ0) is 14.4. The molecule has 1 aromatic carbocycles. The molecule has 0 spiro atoms. The van der Waals surface area contributed by atoms with E-state index >= 15 is 0 Å². The molecule has 2 nitrogen and oxygen atoms in total. The van der Waals surface area contributed by atoms with Crippen LogP contribution in [-0.4, -0.2) is 19.3 Å². The van der Waals surface area contributed by atoms with Crippen LogP contribution < -0.4 is 5.73 Å². The highest BCUT2D eigenvalue weighted by Gasteiger charge is 2.39. The zero-order valence-corrected chi connectivity index (χ0v) is 13.0. The first-order chi connectivity index (χ1) is 9.65. The number of hydrogen-bond acceptors (Lipinski definition) is 2. The van der Waals surface area contributed by atoms with E-state index < -0.39 is 0 Å². The lowest BCUT2D eigenvalue weighted by Gasteiger charge is -2.42. The van der Waals surface area contributed by atoms with Gasteiger partial charge in [0.25, 0.3) is 0 Å². The van der Waals surface area contributed by atoms with Gasteiger partial charge in [-0.15, -0.1) is 0 Å². The zero-order valence-electron chi connectivity index (χ0n) is 13.0. The molecule has 1 heterocycles. The van der Waals surface area contributed by atoms with E-state index in [1.54, 1.807) is 0 Å². The monoisotopic (exact) mass is 275 g/mol. The van der Waals surface area contributed by atoms with Crippen molar-refractivity contribution >= 4 is 0 Å². The van der Waals surface area contributed by atoms with Gasteiger partial charge in [0.1, 0.15) is 0 Å². The van der Waals surface area contributed by atoms with E-state index in [-0.39, 0.29) is 11.5 Å². The van der Waals surface area contributed by atoms with E-state index in [2.05, 4.69) is 44.2 Å². The summed E-state index contributed by atoms with van der Waals surface area (Å²) in [5, 5.41) is 0. The number of nitrogens with two attached hydrogens (primary N) is 1. The predicted octanol–water partition coefficient (Wildman–Crippen LogP) is 3.89. The van der Waals surface area contributed by atoms with Crippen molar-refractivity contribution in [3.63, 3.8) is 0 Å². The summed E-state index contributed by atoms with van der Waals surface area (Å²) in [6.07, 6.45) is 5.73. The number of ether oxygens (including phenoxy) is 1. The molecule has 2 N–H and O–H groups in total. The minimum absolute atomic E-state index is 0.122. The Kier molecular flexibility index (Phi) is 5.62. The molecular weight excluding hydrogens is 246 g/mol. The van der Waals surface area contributed by atoms with Crippen LogP contribution in [0.2, 0.25) is 0 Å². The molecule has 1 atom stereocenters. The lowest BCUT2D eigenvalue weighted by atomic mass is 9.67.